The number of nitrogens with one attached hydrogen (secondary N) is 1. The van der Waals surface area contributed by atoms with Crippen LogP contribution < -0.4 is 0 Å². The number of aromatic amines is 1. The number of rotatable bonds is 3. The number of nitrogens with zero attached hydrogens (tertiary/aromatic N) is 2. The lowest BCUT2D eigenvalue weighted by Gasteiger charge is -2.13. The summed E-state index contributed by atoms with van der Waals surface area (Å²) in [6.45, 7) is 1.42. The smallest absolute Gasteiger partial charge is 0.321 e. The Balaban J connectivity index is 2.07. The molecule has 1 amide bonds. The molecule has 0 aliphatic carbocycles. The molecule has 6 nitrogen and oxygen atoms in total. The van der Waals surface area contributed by atoms with E-state index in [1.807, 2.05) is 0 Å². The van der Waals surface area contributed by atoms with Crippen LogP contribution in [-0.2, 0) is 0 Å². The zero-order chi connectivity index (χ0) is 12.4. The van der Waals surface area contributed by atoms with Crippen molar-refractivity contribution < 1.29 is 9.72 Å². The van der Waals surface area contributed by atoms with Crippen LogP contribution in [0.15, 0.2) is 12.1 Å². The van der Waals surface area contributed by atoms with E-state index < -0.39 is 4.92 Å². The van der Waals surface area contributed by atoms with Crippen molar-refractivity contribution in [3.8, 4) is 0 Å². The summed E-state index contributed by atoms with van der Waals surface area (Å²) in [7, 11) is 0. The number of H-pyrrole nitrogens is 1. The molecule has 1 fully saturated rings. The Morgan fingerprint density at radius 1 is 1.65 bits per heavy atom. The van der Waals surface area contributed by atoms with E-state index in [4.69, 9.17) is 0 Å². The fraction of sp³-hybridized carbons (Fsp3) is 0.500. The minimum absolute atomic E-state index is 0.149. The van der Waals surface area contributed by atoms with Gasteiger partial charge in [-0.1, -0.05) is 15.9 Å². The molecule has 0 spiro atoms. The predicted molar refractivity (Wildman–Crippen MR) is 65.3 cm³/mol. The Morgan fingerprint density at radius 2 is 2.41 bits per heavy atom. The third-order valence-corrected chi connectivity index (χ3v) is 3.80. The number of hydrogen-bond acceptors (Lipinski definition) is 3. The Labute approximate surface area is 106 Å². The number of halogens is 1. The van der Waals surface area contributed by atoms with Crippen LogP contribution in [0.25, 0.3) is 0 Å². The molecule has 1 atom stereocenters. The molecule has 92 valence electrons. The van der Waals surface area contributed by atoms with Crippen molar-refractivity contribution in [2.75, 3.05) is 18.4 Å². The lowest BCUT2D eigenvalue weighted by atomic mass is 10.2. The first-order valence-electron chi connectivity index (χ1n) is 5.30. The normalized spacial score (nSPS) is 19.6. The van der Waals surface area contributed by atoms with E-state index in [-0.39, 0.29) is 17.4 Å². The van der Waals surface area contributed by atoms with Crippen molar-refractivity contribution >= 4 is 27.7 Å². The average molecular weight is 302 g/mol. The summed E-state index contributed by atoms with van der Waals surface area (Å²) in [4.78, 5) is 26.2. The molecule has 1 aliphatic rings. The van der Waals surface area contributed by atoms with E-state index in [1.165, 1.54) is 12.1 Å². The van der Waals surface area contributed by atoms with Gasteiger partial charge < -0.3 is 15.0 Å². The van der Waals surface area contributed by atoms with Crippen molar-refractivity contribution in [3.63, 3.8) is 0 Å². The number of carbonyl (C=O) groups is 1. The highest BCUT2D eigenvalue weighted by Crippen LogP contribution is 2.21. The summed E-state index contributed by atoms with van der Waals surface area (Å²) in [5, 5.41) is 11.4. The van der Waals surface area contributed by atoms with Gasteiger partial charge in [-0.25, -0.2) is 4.98 Å². The van der Waals surface area contributed by atoms with Gasteiger partial charge in [0, 0.05) is 24.5 Å². The molecule has 0 saturated carbocycles. The Hall–Kier alpha value is -1.37. The number of likely N-dealkylation sites (tertiary alicyclic amines) is 1. The second-order valence-electron chi connectivity index (χ2n) is 4.07. The zero-order valence-electron chi connectivity index (χ0n) is 9.06. The number of carbonyl (C=O) groups excluding carboxylic acids is 1. The lowest BCUT2D eigenvalue weighted by Crippen LogP contribution is -2.29. The van der Waals surface area contributed by atoms with Crippen LogP contribution in [0.1, 0.15) is 16.9 Å². The maximum atomic E-state index is 12.0. The van der Waals surface area contributed by atoms with Gasteiger partial charge in [0.15, 0.2) is 5.69 Å². The Kier molecular flexibility index (Phi) is 3.46. The number of aromatic nitrogens is 1. The summed E-state index contributed by atoms with van der Waals surface area (Å²) in [5.41, 5.74) is 0.284. The molecule has 1 aromatic rings. The van der Waals surface area contributed by atoms with E-state index >= 15 is 0 Å². The van der Waals surface area contributed by atoms with Gasteiger partial charge in [-0.3, -0.25) is 4.79 Å². The fourth-order valence-electron chi connectivity index (χ4n) is 1.93. The van der Waals surface area contributed by atoms with Crippen LogP contribution in [-0.4, -0.2) is 39.1 Å². The molecular formula is C10H12BrN3O3. The van der Waals surface area contributed by atoms with Crippen molar-refractivity contribution in [2.45, 2.75) is 6.42 Å². The molecule has 2 rings (SSSR count). The van der Waals surface area contributed by atoms with Gasteiger partial charge >= 0.3 is 5.82 Å². The Morgan fingerprint density at radius 3 is 2.94 bits per heavy atom. The molecule has 1 aromatic heterocycles. The van der Waals surface area contributed by atoms with Crippen molar-refractivity contribution in [1.29, 1.82) is 0 Å². The van der Waals surface area contributed by atoms with Gasteiger partial charge in [-0.05, 0) is 23.3 Å². The summed E-state index contributed by atoms with van der Waals surface area (Å²) >= 11 is 3.40. The molecule has 0 aromatic carbocycles. The molecule has 1 saturated heterocycles. The third-order valence-electron chi connectivity index (χ3n) is 2.89. The average Bonchev–Trinajstić information content (AvgIpc) is 2.97. The first-order valence-corrected chi connectivity index (χ1v) is 6.42. The third kappa shape index (κ3) is 2.49. The van der Waals surface area contributed by atoms with E-state index in [9.17, 15) is 14.9 Å². The molecule has 1 aliphatic heterocycles. The lowest BCUT2D eigenvalue weighted by molar-refractivity contribution is -0.389. The van der Waals surface area contributed by atoms with Crippen molar-refractivity contribution in [3.05, 3.63) is 27.9 Å². The minimum atomic E-state index is -0.540. The second-order valence-corrected chi connectivity index (χ2v) is 4.72. The molecule has 0 bridgehead atoms. The van der Waals surface area contributed by atoms with Crippen LogP contribution in [0, 0.1) is 16.0 Å². The fourth-order valence-corrected chi connectivity index (χ4v) is 2.46. The quantitative estimate of drug-likeness (QED) is 0.525. The molecular weight excluding hydrogens is 290 g/mol. The van der Waals surface area contributed by atoms with Gasteiger partial charge in [0.1, 0.15) is 0 Å². The van der Waals surface area contributed by atoms with E-state index in [0.717, 1.165) is 11.8 Å². The highest BCUT2D eigenvalue weighted by molar-refractivity contribution is 9.09. The number of amides is 1. The first-order chi connectivity index (χ1) is 8.11. The van der Waals surface area contributed by atoms with Crippen molar-refractivity contribution in [2.24, 2.45) is 5.92 Å². The van der Waals surface area contributed by atoms with Crippen LogP contribution >= 0.6 is 15.9 Å². The highest BCUT2D eigenvalue weighted by Gasteiger charge is 2.28. The van der Waals surface area contributed by atoms with Crippen LogP contribution in [0.2, 0.25) is 0 Å². The minimum Gasteiger partial charge on any atom is -0.358 e. The second kappa shape index (κ2) is 4.87. The number of hydrogen-bond donors (Lipinski definition) is 1. The summed E-state index contributed by atoms with van der Waals surface area (Å²) in [5.74, 6) is 0.162. The van der Waals surface area contributed by atoms with E-state index in [1.54, 1.807) is 4.90 Å². The van der Waals surface area contributed by atoms with E-state index in [2.05, 4.69) is 20.9 Å². The molecule has 1 N–H and O–H groups in total. The van der Waals surface area contributed by atoms with E-state index in [0.29, 0.717) is 19.0 Å². The molecule has 2 heterocycles. The predicted octanol–water partition coefficient (Wildman–Crippen LogP) is 1.78. The SMILES string of the molecule is O=C(c1ccc([N+](=O)[O-])[nH]1)N1CCC(CBr)C1. The number of alkyl halides is 1. The monoisotopic (exact) mass is 301 g/mol. The van der Waals surface area contributed by atoms with Gasteiger partial charge in [0.2, 0.25) is 0 Å². The Bertz CT molecular complexity index is 446. The summed E-state index contributed by atoms with van der Waals surface area (Å²) < 4.78 is 0. The van der Waals surface area contributed by atoms with Gasteiger partial charge in [0.05, 0.1) is 0 Å². The van der Waals surface area contributed by atoms with Gasteiger partial charge in [-0.2, -0.15) is 0 Å². The zero-order valence-corrected chi connectivity index (χ0v) is 10.6. The van der Waals surface area contributed by atoms with Crippen LogP contribution in [0.5, 0.6) is 0 Å². The first kappa shape index (κ1) is 12.1. The largest absolute Gasteiger partial charge is 0.358 e. The highest BCUT2D eigenvalue weighted by atomic mass is 79.9. The maximum absolute atomic E-state index is 12.0. The maximum Gasteiger partial charge on any atom is 0.321 e. The van der Waals surface area contributed by atoms with Crippen molar-refractivity contribution in [1.82, 2.24) is 9.88 Å². The van der Waals surface area contributed by atoms with Gasteiger partial charge in [-0.15, -0.1) is 0 Å². The van der Waals surface area contributed by atoms with Crippen LogP contribution in [0.4, 0.5) is 5.82 Å². The standard InChI is InChI=1S/C10H12BrN3O3/c11-5-7-3-4-13(6-7)10(15)8-1-2-9(12-8)14(16)17/h1-2,7,12H,3-6H2. The summed E-state index contributed by atoms with van der Waals surface area (Å²) in [6, 6.07) is 2.77. The van der Waals surface area contributed by atoms with Crippen LogP contribution in [0.3, 0.4) is 0 Å². The molecule has 1 unspecified atom stereocenters. The number of nitro groups is 1. The molecule has 17 heavy (non-hydrogen) atoms. The molecule has 7 heteroatoms. The topological polar surface area (TPSA) is 79.2 Å². The summed E-state index contributed by atoms with van der Waals surface area (Å²) in [6.07, 6.45) is 0.972. The molecule has 0 radical (unpaired) electrons. The van der Waals surface area contributed by atoms with Gasteiger partial charge in [0.25, 0.3) is 5.91 Å².